The van der Waals surface area contributed by atoms with Crippen LogP contribution in [0.25, 0.3) is 0 Å². The molecule has 0 bridgehead atoms. The molecular formula is C13H16Cl2N2O3. The van der Waals surface area contributed by atoms with E-state index in [1.807, 2.05) is 0 Å². The smallest absolute Gasteiger partial charge is 0.253 e. The van der Waals surface area contributed by atoms with Crippen LogP contribution in [0.4, 0.5) is 0 Å². The monoisotopic (exact) mass is 318 g/mol. The average Bonchev–Trinajstić information content (AvgIpc) is 2.41. The maximum Gasteiger partial charge on any atom is 0.253 e. The van der Waals surface area contributed by atoms with Crippen LogP contribution in [-0.2, 0) is 9.53 Å². The van der Waals surface area contributed by atoms with Gasteiger partial charge in [0.1, 0.15) is 0 Å². The van der Waals surface area contributed by atoms with E-state index in [1.165, 1.54) is 12.1 Å². The summed E-state index contributed by atoms with van der Waals surface area (Å²) in [5.74, 6) is -0.682. The van der Waals surface area contributed by atoms with Gasteiger partial charge in [-0.2, -0.15) is 0 Å². The molecule has 2 N–H and O–H groups in total. The van der Waals surface area contributed by atoms with Crippen molar-refractivity contribution in [3.05, 3.63) is 33.8 Å². The van der Waals surface area contributed by atoms with Crippen molar-refractivity contribution in [2.24, 2.45) is 0 Å². The Hall–Kier alpha value is -1.30. The van der Waals surface area contributed by atoms with Crippen LogP contribution < -0.4 is 10.6 Å². The molecule has 0 aliphatic carbocycles. The van der Waals surface area contributed by atoms with Gasteiger partial charge in [0.15, 0.2) is 0 Å². The normalized spacial score (nSPS) is 10.2. The predicted octanol–water partition coefficient (Wildman–Crippen LogP) is 1.88. The Morgan fingerprint density at radius 2 is 2.00 bits per heavy atom. The van der Waals surface area contributed by atoms with E-state index in [2.05, 4.69) is 10.6 Å². The summed E-state index contributed by atoms with van der Waals surface area (Å²) >= 11 is 11.6. The Morgan fingerprint density at radius 3 is 2.65 bits per heavy atom. The quantitative estimate of drug-likeness (QED) is 0.754. The molecule has 5 nitrogen and oxygen atoms in total. The third kappa shape index (κ3) is 5.77. The molecule has 0 atom stereocenters. The van der Waals surface area contributed by atoms with Crippen molar-refractivity contribution in [3.8, 4) is 0 Å². The number of nitrogens with one attached hydrogen (secondary N) is 2. The lowest BCUT2D eigenvalue weighted by Gasteiger charge is -2.08. The highest BCUT2D eigenvalue weighted by molar-refractivity contribution is 6.36. The van der Waals surface area contributed by atoms with Crippen LogP contribution >= 0.6 is 23.2 Å². The highest BCUT2D eigenvalue weighted by Crippen LogP contribution is 2.20. The van der Waals surface area contributed by atoms with E-state index in [0.717, 1.165) is 6.42 Å². The molecule has 0 spiro atoms. The first-order valence-electron chi connectivity index (χ1n) is 6.03. The molecule has 0 radical (unpaired) electrons. The maximum atomic E-state index is 11.8. The first-order valence-corrected chi connectivity index (χ1v) is 6.79. The standard InChI is InChI=1S/C13H16Cl2N2O3/c1-20-6-2-5-16-12(18)8-17-13(19)10-4-3-9(14)7-11(10)15/h3-4,7H,2,5-6,8H2,1H3,(H,16,18)(H,17,19). The first-order chi connectivity index (χ1) is 9.54. The predicted molar refractivity (Wildman–Crippen MR) is 78.3 cm³/mol. The van der Waals surface area contributed by atoms with Gasteiger partial charge in [-0.1, -0.05) is 23.2 Å². The van der Waals surface area contributed by atoms with Crippen molar-refractivity contribution in [2.75, 3.05) is 26.8 Å². The van der Waals surface area contributed by atoms with Crippen molar-refractivity contribution >= 4 is 35.0 Å². The fraction of sp³-hybridized carbons (Fsp3) is 0.385. The summed E-state index contributed by atoms with van der Waals surface area (Å²) in [7, 11) is 1.60. The third-order valence-corrected chi connectivity index (χ3v) is 2.98. The van der Waals surface area contributed by atoms with Gasteiger partial charge in [-0.15, -0.1) is 0 Å². The number of carbonyl (C=O) groups excluding carboxylic acids is 2. The van der Waals surface area contributed by atoms with E-state index in [0.29, 0.717) is 18.2 Å². The van der Waals surface area contributed by atoms with E-state index in [9.17, 15) is 9.59 Å². The largest absolute Gasteiger partial charge is 0.385 e. The molecule has 0 unspecified atom stereocenters. The Labute approximate surface area is 127 Å². The topological polar surface area (TPSA) is 67.4 Å². The number of halogens is 2. The van der Waals surface area contributed by atoms with Crippen LogP contribution in [0.1, 0.15) is 16.8 Å². The van der Waals surface area contributed by atoms with Crippen LogP contribution in [0.2, 0.25) is 10.0 Å². The van der Waals surface area contributed by atoms with Gasteiger partial charge in [0.2, 0.25) is 5.91 Å². The van der Waals surface area contributed by atoms with Crippen LogP contribution in [0.5, 0.6) is 0 Å². The lowest BCUT2D eigenvalue weighted by atomic mass is 10.2. The number of rotatable bonds is 7. The summed E-state index contributed by atoms with van der Waals surface area (Å²) < 4.78 is 4.86. The highest BCUT2D eigenvalue weighted by atomic mass is 35.5. The van der Waals surface area contributed by atoms with Crippen LogP contribution in [0.15, 0.2) is 18.2 Å². The van der Waals surface area contributed by atoms with Crippen LogP contribution in [0, 0.1) is 0 Å². The molecule has 0 aliphatic rings. The fourth-order valence-electron chi connectivity index (χ4n) is 1.44. The molecule has 110 valence electrons. The van der Waals surface area contributed by atoms with Crippen LogP contribution in [-0.4, -0.2) is 38.6 Å². The second kappa shape index (κ2) is 8.79. The Morgan fingerprint density at radius 1 is 1.25 bits per heavy atom. The summed E-state index contributed by atoms with van der Waals surface area (Å²) in [4.78, 5) is 23.3. The van der Waals surface area contributed by atoms with Gasteiger partial charge < -0.3 is 15.4 Å². The second-order valence-electron chi connectivity index (χ2n) is 4.00. The molecule has 0 saturated heterocycles. The molecule has 0 aromatic heterocycles. The number of hydrogen-bond donors (Lipinski definition) is 2. The molecule has 1 rings (SSSR count). The van der Waals surface area contributed by atoms with Crippen LogP contribution in [0.3, 0.4) is 0 Å². The molecule has 0 fully saturated rings. The van der Waals surface area contributed by atoms with E-state index in [-0.39, 0.29) is 23.0 Å². The molecule has 0 heterocycles. The summed E-state index contributed by atoms with van der Waals surface area (Å²) in [6.07, 6.45) is 0.721. The summed E-state index contributed by atoms with van der Waals surface area (Å²) in [5.41, 5.74) is 0.281. The number of ether oxygens (including phenoxy) is 1. The Bertz CT molecular complexity index is 481. The van der Waals surface area contributed by atoms with E-state index < -0.39 is 5.91 Å². The van der Waals surface area contributed by atoms with Gasteiger partial charge in [0.25, 0.3) is 5.91 Å². The Kier molecular flexibility index (Phi) is 7.36. The number of carbonyl (C=O) groups is 2. The van der Waals surface area contributed by atoms with Gasteiger partial charge >= 0.3 is 0 Å². The molecular weight excluding hydrogens is 303 g/mol. The van der Waals surface area contributed by atoms with Crippen molar-refractivity contribution in [2.45, 2.75) is 6.42 Å². The first kappa shape index (κ1) is 16.8. The molecule has 2 amide bonds. The van der Waals surface area contributed by atoms with Crippen molar-refractivity contribution < 1.29 is 14.3 Å². The van der Waals surface area contributed by atoms with E-state index in [4.69, 9.17) is 27.9 Å². The number of methoxy groups -OCH3 is 1. The van der Waals surface area contributed by atoms with Gasteiger partial charge in [-0.25, -0.2) is 0 Å². The second-order valence-corrected chi connectivity index (χ2v) is 4.85. The molecule has 1 aromatic carbocycles. The lowest BCUT2D eigenvalue weighted by Crippen LogP contribution is -2.37. The van der Waals surface area contributed by atoms with Gasteiger partial charge in [-0.3, -0.25) is 9.59 Å². The highest BCUT2D eigenvalue weighted by Gasteiger charge is 2.11. The van der Waals surface area contributed by atoms with Gasteiger partial charge in [0, 0.05) is 25.3 Å². The van der Waals surface area contributed by atoms with Crippen molar-refractivity contribution in [1.82, 2.24) is 10.6 Å². The Balaban J connectivity index is 2.37. The number of benzene rings is 1. The van der Waals surface area contributed by atoms with Gasteiger partial charge in [0.05, 0.1) is 17.1 Å². The van der Waals surface area contributed by atoms with Crippen molar-refractivity contribution in [3.63, 3.8) is 0 Å². The van der Waals surface area contributed by atoms with E-state index in [1.54, 1.807) is 13.2 Å². The van der Waals surface area contributed by atoms with Gasteiger partial charge in [-0.05, 0) is 24.6 Å². The lowest BCUT2D eigenvalue weighted by molar-refractivity contribution is -0.120. The fourth-order valence-corrected chi connectivity index (χ4v) is 1.93. The zero-order chi connectivity index (χ0) is 15.0. The molecule has 20 heavy (non-hydrogen) atoms. The summed E-state index contributed by atoms with van der Waals surface area (Å²) in [6, 6.07) is 4.55. The third-order valence-electron chi connectivity index (χ3n) is 2.43. The molecule has 7 heteroatoms. The summed E-state index contributed by atoms with van der Waals surface area (Å²) in [5, 5.41) is 5.84. The number of hydrogen-bond acceptors (Lipinski definition) is 3. The number of amides is 2. The zero-order valence-electron chi connectivity index (χ0n) is 11.0. The minimum absolute atomic E-state index is 0.106. The van der Waals surface area contributed by atoms with E-state index >= 15 is 0 Å². The summed E-state index contributed by atoms with van der Waals surface area (Å²) in [6.45, 7) is 0.974. The molecule has 1 aromatic rings. The minimum atomic E-state index is -0.418. The molecule has 0 aliphatic heterocycles. The maximum absolute atomic E-state index is 11.8. The SMILES string of the molecule is COCCCNC(=O)CNC(=O)c1ccc(Cl)cc1Cl. The zero-order valence-corrected chi connectivity index (χ0v) is 12.6. The average molecular weight is 319 g/mol. The van der Waals surface area contributed by atoms with Crippen molar-refractivity contribution in [1.29, 1.82) is 0 Å². The minimum Gasteiger partial charge on any atom is -0.385 e. The molecule has 0 saturated carbocycles.